The number of aliphatic hydroxyl groups excluding tert-OH is 1. The lowest BCUT2D eigenvalue weighted by Crippen LogP contribution is -2.29. The number of rotatable bonds is 6. The van der Waals surface area contributed by atoms with E-state index in [-0.39, 0.29) is 21.9 Å². The molecule has 1 N–H and O–H groups in total. The monoisotopic (exact) mass is 469 g/mol. The fraction of sp³-hybridized carbons (Fsp3) is 0.167. The minimum atomic E-state index is -1.02. The number of carbonyl (C=O) groups excluding carboxylic acids is 2. The molecule has 4 rings (SSSR count). The molecule has 0 spiro atoms. The number of hydrogen-bond donors (Lipinski definition) is 1. The first kappa shape index (κ1) is 22.3. The molecule has 1 amide bonds. The SMILES string of the molecule is COc1ccc(N2C(=O)C(=O)/C(=C(\O)c3ccc(OC)c(OC)c3)C2c2ccco2)cc1Cl. The van der Waals surface area contributed by atoms with Gasteiger partial charge < -0.3 is 23.7 Å². The van der Waals surface area contributed by atoms with E-state index < -0.39 is 17.7 Å². The topological polar surface area (TPSA) is 98.4 Å². The van der Waals surface area contributed by atoms with Crippen molar-refractivity contribution in [1.29, 1.82) is 0 Å². The second-order valence-corrected chi connectivity index (χ2v) is 7.48. The maximum absolute atomic E-state index is 13.1. The molecule has 9 heteroatoms. The number of furan rings is 1. The molecule has 1 aliphatic rings. The van der Waals surface area contributed by atoms with E-state index in [1.807, 2.05) is 0 Å². The molecule has 2 heterocycles. The van der Waals surface area contributed by atoms with E-state index in [1.165, 1.54) is 44.6 Å². The lowest BCUT2D eigenvalue weighted by atomic mass is 9.99. The Morgan fingerprint density at radius 2 is 1.67 bits per heavy atom. The summed E-state index contributed by atoms with van der Waals surface area (Å²) in [5.74, 6) is -0.564. The van der Waals surface area contributed by atoms with Crippen molar-refractivity contribution < 1.29 is 33.3 Å². The quantitative estimate of drug-likeness (QED) is 0.320. The molecule has 33 heavy (non-hydrogen) atoms. The minimum absolute atomic E-state index is 0.130. The molecule has 1 saturated heterocycles. The third-order valence-corrected chi connectivity index (χ3v) is 5.62. The van der Waals surface area contributed by atoms with Crippen LogP contribution in [0.1, 0.15) is 17.4 Å². The smallest absolute Gasteiger partial charge is 0.300 e. The summed E-state index contributed by atoms with van der Waals surface area (Å²) in [4.78, 5) is 27.5. The van der Waals surface area contributed by atoms with Crippen molar-refractivity contribution in [2.75, 3.05) is 26.2 Å². The number of hydrogen-bond acceptors (Lipinski definition) is 7. The van der Waals surface area contributed by atoms with Crippen LogP contribution in [0.5, 0.6) is 17.2 Å². The molecule has 0 bridgehead atoms. The van der Waals surface area contributed by atoms with Crippen LogP contribution in [0, 0.1) is 0 Å². The van der Waals surface area contributed by atoms with E-state index in [2.05, 4.69) is 0 Å². The number of ketones is 1. The molecule has 1 aromatic heterocycles. The molecule has 0 radical (unpaired) electrons. The van der Waals surface area contributed by atoms with Crippen LogP contribution in [0.3, 0.4) is 0 Å². The van der Waals surface area contributed by atoms with Crippen LogP contribution in [0.25, 0.3) is 5.76 Å². The number of ether oxygens (including phenoxy) is 3. The average molecular weight is 470 g/mol. The largest absolute Gasteiger partial charge is 0.507 e. The Balaban J connectivity index is 1.90. The van der Waals surface area contributed by atoms with Gasteiger partial charge in [0.2, 0.25) is 0 Å². The standard InChI is InChI=1S/C24H20ClNO7/c1-30-16-9-7-14(12-15(16)25)26-21(18-5-4-10-33-18)20(23(28)24(26)29)22(27)13-6-8-17(31-2)19(11-13)32-3/h4-12,21,27H,1-3H3/b22-20-. The molecule has 1 fully saturated rings. The van der Waals surface area contributed by atoms with Crippen LogP contribution in [0.2, 0.25) is 5.02 Å². The zero-order chi connectivity index (χ0) is 23.7. The van der Waals surface area contributed by atoms with Crippen molar-refractivity contribution in [3.8, 4) is 17.2 Å². The predicted octanol–water partition coefficient (Wildman–Crippen LogP) is 4.59. The van der Waals surface area contributed by atoms with Crippen molar-refractivity contribution in [2.24, 2.45) is 0 Å². The Morgan fingerprint density at radius 3 is 2.27 bits per heavy atom. The summed E-state index contributed by atoms with van der Waals surface area (Å²) in [5, 5.41) is 11.4. The highest BCUT2D eigenvalue weighted by atomic mass is 35.5. The first-order valence-corrected chi connectivity index (χ1v) is 10.2. The number of anilines is 1. The van der Waals surface area contributed by atoms with Gasteiger partial charge in [0.15, 0.2) is 11.5 Å². The zero-order valence-corrected chi connectivity index (χ0v) is 18.8. The number of methoxy groups -OCH3 is 3. The molecular weight excluding hydrogens is 450 g/mol. The van der Waals surface area contributed by atoms with E-state index in [4.69, 9.17) is 30.2 Å². The molecule has 1 atom stereocenters. The van der Waals surface area contributed by atoms with Gasteiger partial charge >= 0.3 is 0 Å². The number of benzene rings is 2. The van der Waals surface area contributed by atoms with Crippen LogP contribution < -0.4 is 19.1 Å². The molecule has 170 valence electrons. The van der Waals surface area contributed by atoms with Crippen LogP contribution in [0.4, 0.5) is 5.69 Å². The predicted molar refractivity (Wildman–Crippen MR) is 121 cm³/mol. The number of Topliss-reactive ketones (excluding diaryl/α,β-unsaturated/α-hetero) is 1. The molecule has 8 nitrogen and oxygen atoms in total. The van der Waals surface area contributed by atoms with E-state index in [0.29, 0.717) is 28.7 Å². The summed E-state index contributed by atoms with van der Waals surface area (Å²) in [5.41, 5.74) is 0.486. The zero-order valence-electron chi connectivity index (χ0n) is 18.0. The Bertz CT molecular complexity index is 1250. The van der Waals surface area contributed by atoms with E-state index in [9.17, 15) is 14.7 Å². The summed E-state index contributed by atoms with van der Waals surface area (Å²) in [7, 11) is 4.41. The summed E-state index contributed by atoms with van der Waals surface area (Å²) < 4.78 is 21.2. The van der Waals surface area contributed by atoms with E-state index >= 15 is 0 Å². The van der Waals surface area contributed by atoms with Crippen LogP contribution in [-0.4, -0.2) is 38.1 Å². The summed E-state index contributed by atoms with van der Waals surface area (Å²) in [6, 6.07) is 11.6. The Morgan fingerprint density at radius 1 is 0.970 bits per heavy atom. The Hall–Kier alpha value is -3.91. The fourth-order valence-corrected chi connectivity index (χ4v) is 4.01. The number of amides is 1. The molecular formula is C24H20ClNO7. The molecule has 1 unspecified atom stereocenters. The first-order chi connectivity index (χ1) is 15.9. The van der Waals surface area contributed by atoms with Gasteiger partial charge in [-0.3, -0.25) is 14.5 Å². The third kappa shape index (κ3) is 3.78. The van der Waals surface area contributed by atoms with Crippen molar-refractivity contribution in [3.63, 3.8) is 0 Å². The number of carbonyl (C=O) groups is 2. The molecule has 0 aliphatic carbocycles. The van der Waals surface area contributed by atoms with Gasteiger partial charge in [0.05, 0.1) is 38.2 Å². The van der Waals surface area contributed by atoms with E-state index in [0.717, 1.165) is 0 Å². The molecule has 3 aromatic rings. The van der Waals surface area contributed by atoms with Crippen molar-refractivity contribution in [2.45, 2.75) is 6.04 Å². The van der Waals surface area contributed by atoms with Crippen molar-refractivity contribution >= 4 is 34.7 Å². The highest BCUT2D eigenvalue weighted by Gasteiger charge is 2.48. The van der Waals surface area contributed by atoms with Gasteiger partial charge in [-0.15, -0.1) is 0 Å². The third-order valence-electron chi connectivity index (χ3n) is 5.33. The van der Waals surface area contributed by atoms with Gasteiger partial charge in [-0.1, -0.05) is 11.6 Å². The summed E-state index contributed by atoms with van der Waals surface area (Å²) in [6.45, 7) is 0. The fourth-order valence-electron chi connectivity index (χ4n) is 3.76. The van der Waals surface area contributed by atoms with Crippen LogP contribution in [-0.2, 0) is 9.59 Å². The number of halogens is 1. The van der Waals surface area contributed by atoms with Gasteiger partial charge in [0.25, 0.3) is 11.7 Å². The lowest BCUT2D eigenvalue weighted by Gasteiger charge is -2.24. The minimum Gasteiger partial charge on any atom is -0.507 e. The second kappa shape index (κ2) is 8.91. The van der Waals surface area contributed by atoms with Gasteiger partial charge in [-0.2, -0.15) is 0 Å². The maximum Gasteiger partial charge on any atom is 0.300 e. The van der Waals surface area contributed by atoms with Crippen LogP contribution >= 0.6 is 11.6 Å². The number of nitrogens with zero attached hydrogens (tertiary/aromatic N) is 1. The average Bonchev–Trinajstić information content (AvgIpc) is 3.45. The molecule has 2 aromatic carbocycles. The first-order valence-electron chi connectivity index (χ1n) is 9.81. The highest BCUT2D eigenvalue weighted by Crippen LogP contribution is 2.44. The lowest BCUT2D eigenvalue weighted by molar-refractivity contribution is -0.132. The summed E-state index contributed by atoms with van der Waals surface area (Å²) in [6.07, 6.45) is 1.42. The molecule has 1 aliphatic heterocycles. The molecule has 0 saturated carbocycles. The number of aliphatic hydroxyl groups is 1. The van der Waals surface area contributed by atoms with Gasteiger partial charge in [0, 0.05) is 11.3 Å². The second-order valence-electron chi connectivity index (χ2n) is 7.07. The maximum atomic E-state index is 13.1. The van der Waals surface area contributed by atoms with Gasteiger partial charge in [-0.25, -0.2) is 0 Å². The summed E-state index contributed by atoms with van der Waals surface area (Å²) >= 11 is 6.26. The van der Waals surface area contributed by atoms with Gasteiger partial charge in [-0.05, 0) is 48.5 Å². The van der Waals surface area contributed by atoms with Crippen molar-refractivity contribution in [1.82, 2.24) is 0 Å². The van der Waals surface area contributed by atoms with Gasteiger partial charge in [0.1, 0.15) is 23.3 Å². The van der Waals surface area contributed by atoms with Crippen LogP contribution in [0.15, 0.2) is 64.8 Å². The Labute approximate surface area is 194 Å². The Kier molecular flexibility index (Phi) is 6.02. The van der Waals surface area contributed by atoms with Crippen molar-refractivity contribution in [3.05, 3.63) is 76.7 Å². The highest BCUT2D eigenvalue weighted by molar-refractivity contribution is 6.51. The normalized spacial score (nSPS) is 17.3. The van der Waals surface area contributed by atoms with E-state index in [1.54, 1.807) is 36.4 Å².